The topological polar surface area (TPSA) is 83.8 Å². The van der Waals surface area contributed by atoms with Crippen molar-refractivity contribution < 1.29 is 14.5 Å². The van der Waals surface area contributed by atoms with Crippen LogP contribution in [0, 0.1) is 10.1 Å². The lowest BCUT2D eigenvalue weighted by Crippen LogP contribution is -2.33. The van der Waals surface area contributed by atoms with E-state index in [-0.39, 0.29) is 36.8 Å². The lowest BCUT2D eigenvalue weighted by atomic mass is 10.1. The summed E-state index contributed by atoms with van der Waals surface area (Å²) in [4.78, 5) is 37.1. The van der Waals surface area contributed by atoms with Crippen LogP contribution in [-0.2, 0) is 11.3 Å². The second-order valence-corrected chi connectivity index (χ2v) is 5.01. The molecule has 1 aromatic carbocycles. The standard InChI is InChI=1S/C13H13N3O4/c17-12-8-14(10-5-6-10)13(18)15(12)7-9-3-1-2-4-11(9)16(19)20/h1-4,10H,5-8H2. The molecular formula is C13H13N3O4. The van der Waals surface area contributed by atoms with E-state index in [2.05, 4.69) is 0 Å². The Balaban J connectivity index is 1.82. The summed E-state index contributed by atoms with van der Waals surface area (Å²) in [6, 6.07) is 5.99. The van der Waals surface area contributed by atoms with Crippen LogP contribution >= 0.6 is 0 Å². The van der Waals surface area contributed by atoms with Crippen molar-refractivity contribution in [3.05, 3.63) is 39.9 Å². The van der Waals surface area contributed by atoms with E-state index in [1.807, 2.05) is 0 Å². The molecule has 104 valence electrons. The highest BCUT2D eigenvalue weighted by molar-refractivity contribution is 6.02. The molecule has 7 nitrogen and oxygen atoms in total. The van der Waals surface area contributed by atoms with E-state index in [0.717, 1.165) is 17.7 Å². The normalized spacial score (nSPS) is 18.8. The van der Waals surface area contributed by atoms with E-state index in [0.29, 0.717) is 5.56 Å². The van der Waals surface area contributed by atoms with Crippen LogP contribution in [-0.4, -0.2) is 39.2 Å². The number of carbonyl (C=O) groups is 2. The molecule has 0 atom stereocenters. The third kappa shape index (κ3) is 2.11. The van der Waals surface area contributed by atoms with Crippen LogP contribution in [0.1, 0.15) is 18.4 Å². The summed E-state index contributed by atoms with van der Waals surface area (Å²) in [5.74, 6) is -0.292. The lowest BCUT2D eigenvalue weighted by Gasteiger charge is -2.16. The molecule has 20 heavy (non-hydrogen) atoms. The van der Waals surface area contributed by atoms with Gasteiger partial charge in [-0.25, -0.2) is 4.79 Å². The van der Waals surface area contributed by atoms with Gasteiger partial charge in [0.25, 0.3) is 11.6 Å². The first-order valence-electron chi connectivity index (χ1n) is 6.41. The first kappa shape index (κ1) is 12.6. The summed E-state index contributed by atoms with van der Waals surface area (Å²) in [6.45, 7) is 0.0438. The molecule has 3 amide bonds. The first-order valence-corrected chi connectivity index (χ1v) is 6.41. The molecule has 7 heteroatoms. The van der Waals surface area contributed by atoms with Crippen molar-refractivity contribution in [3.63, 3.8) is 0 Å². The fraction of sp³-hybridized carbons (Fsp3) is 0.385. The van der Waals surface area contributed by atoms with Crippen LogP contribution in [0.3, 0.4) is 0 Å². The maximum atomic E-state index is 12.1. The Morgan fingerprint density at radius 1 is 1.25 bits per heavy atom. The Labute approximate surface area is 114 Å². The Hall–Kier alpha value is -2.44. The number of imide groups is 1. The van der Waals surface area contributed by atoms with Crippen molar-refractivity contribution >= 4 is 17.6 Å². The van der Waals surface area contributed by atoms with E-state index >= 15 is 0 Å². The molecule has 1 aliphatic heterocycles. The molecule has 1 saturated carbocycles. The molecule has 1 saturated heterocycles. The number of urea groups is 1. The zero-order chi connectivity index (χ0) is 14.3. The van der Waals surface area contributed by atoms with E-state index in [1.165, 1.54) is 6.07 Å². The predicted octanol–water partition coefficient (Wildman–Crippen LogP) is 1.52. The fourth-order valence-electron chi connectivity index (χ4n) is 2.38. The number of nitrogens with zero attached hydrogens (tertiary/aromatic N) is 3. The van der Waals surface area contributed by atoms with Gasteiger partial charge in [0.15, 0.2) is 0 Å². The Morgan fingerprint density at radius 2 is 1.95 bits per heavy atom. The summed E-state index contributed by atoms with van der Waals surface area (Å²) < 4.78 is 0. The molecule has 0 N–H and O–H groups in total. The van der Waals surface area contributed by atoms with Gasteiger partial charge in [0.2, 0.25) is 0 Å². The molecule has 0 aromatic heterocycles. The van der Waals surface area contributed by atoms with Gasteiger partial charge in [-0.15, -0.1) is 0 Å². The second-order valence-electron chi connectivity index (χ2n) is 5.01. The van der Waals surface area contributed by atoms with Crippen molar-refractivity contribution in [1.82, 2.24) is 9.80 Å². The molecule has 0 radical (unpaired) electrons. The molecule has 1 heterocycles. The highest BCUT2D eigenvalue weighted by Gasteiger charge is 2.43. The van der Waals surface area contributed by atoms with Gasteiger partial charge in [-0.2, -0.15) is 0 Å². The zero-order valence-electron chi connectivity index (χ0n) is 10.7. The first-order chi connectivity index (χ1) is 9.58. The van der Waals surface area contributed by atoms with E-state index in [1.54, 1.807) is 23.1 Å². The molecule has 0 unspecified atom stereocenters. The lowest BCUT2D eigenvalue weighted by molar-refractivity contribution is -0.385. The molecule has 0 bridgehead atoms. The summed E-state index contributed by atoms with van der Waals surface area (Å²) in [5.41, 5.74) is 0.301. The predicted molar refractivity (Wildman–Crippen MR) is 68.8 cm³/mol. The summed E-state index contributed by atoms with van der Waals surface area (Å²) in [6.07, 6.45) is 1.86. The van der Waals surface area contributed by atoms with Gasteiger partial charge >= 0.3 is 6.03 Å². The van der Waals surface area contributed by atoms with Gasteiger partial charge in [-0.3, -0.25) is 19.8 Å². The zero-order valence-corrected chi connectivity index (χ0v) is 10.7. The summed E-state index contributed by atoms with van der Waals surface area (Å²) in [5, 5.41) is 10.9. The van der Waals surface area contributed by atoms with Crippen LogP contribution < -0.4 is 0 Å². The molecule has 1 aliphatic carbocycles. The molecule has 2 aliphatic rings. The highest BCUT2D eigenvalue weighted by Crippen LogP contribution is 2.31. The number of hydrogen-bond donors (Lipinski definition) is 0. The molecule has 0 spiro atoms. The minimum Gasteiger partial charge on any atom is -0.312 e. The summed E-state index contributed by atoms with van der Waals surface area (Å²) in [7, 11) is 0. The van der Waals surface area contributed by atoms with E-state index in [9.17, 15) is 19.7 Å². The van der Waals surface area contributed by atoms with Crippen LogP contribution in [0.4, 0.5) is 10.5 Å². The highest BCUT2D eigenvalue weighted by atomic mass is 16.6. The van der Waals surface area contributed by atoms with Gasteiger partial charge in [-0.05, 0) is 12.8 Å². The SMILES string of the molecule is O=C1CN(C2CC2)C(=O)N1Cc1ccccc1[N+](=O)[O-]. The maximum absolute atomic E-state index is 12.1. The van der Waals surface area contributed by atoms with E-state index in [4.69, 9.17) is 0 Å². The summed E-state index contributed by atoms with van der Waals surface area (Å²) >= 11 is 0. The van der Waals surface area contributed by atoms with Crippen LogP contribution in [0.5, 0.6) is 0 Å². The van der Waals surface area contributed by atoms with Gasteiger partial charge in [0, 0.05) is 17.7 Å². The van der Waals surface area contributed by atoms with Crippen LogP contribution in [0.2, 0.25) is 0 Å². The van der Waals surface area contributed by atoms with Crippen molar-refractivity contribution in [2.24, 2.45) is 0 Å². The third-order valence-electron chi connectivity index (χ3n) is 3.59. The van der Waals surface area contributed by atoms with Crippen molar-refractivity contribution in [3.8, 4) is 0 Å². The number of benzene rings is 1. The van der Waals surface area contributed by atoms with Crippen molar-refractivity contribution in [1.29, 1.82) is 0 Å². The van der Waals surface area contributed by atoms with Gasteiger partial charge in [0.05, 0.1) is 11.5 Å². The Morgan fingerprint density at radius 3 is 2.60 bits per heavy atom. The molecular weight excluding hydrogens is 262 g/mol. The smallest absolute Gasteiger partial charge is 0.312 e. The number of amides is 3. The quantitative estimate of drug-likeness (QED) is 0.474. The second kappa shape index (κ2) is 4.59. The number of hydrogen-bond acceptors (Lipinski definition) is 4. The molecule has 1 aromatic rings. The van der Waals surface area contributed by atoms with Crippen LogP contribution in [0.15, 0.2) is 24.3 Å². The minimum absolute atomic E-state index is 0.0436. The number of nitro benzene ring substituents is 1. The van der Waals surface area contributed by atoms with Crippen LogP contribution in [0.25, 0.3) is 0 Å². The maximum Gasteiger partial charge on any atom is 0.327 e. The Kier molecular flexibility index (Phi) is 2.89. The average molecular weight is 275 g/mol. The molecule has 2 fully saturated rings. The third-order valence-corrected chi connectivity index (χ3v) is 3.59. The average Bonchev–Trinajstić information content (AvgIpc) is 3.22. The minimum atomic E-state index is -0.501. The van der Waals surface area contributed by atoms with Crippen molar-refractivity contribution in [2.75, 3.05) is 6.54 Å². The van der Waals surface area contributed by atoms with Gasteiger partial charge in [0.1, 0.15) is 6.54 Å². The van der Waals surface area contributed by atoms with Crippen molar-refractivity contribution in [2.45, 2.75) is 25.4 Å². The van der Waals surface area contributed by atoms with Gasteiger partial charge in [-0.1, -0.05) is 18.2 Å². The number of para-hydroxylation sites is 1. The largest absolute Gasteiger partial charge is 0.327 e. The monoisotopic (exact) mass is 275 g/mol. The van der Waals surface area contributed by atoms with E-state index < -0.39 is 4.92 Å². The number of rotatable bonds is 4. The Bertz CT molecular complexity index is 597. The molecule has 3 rings (SSSR count). The fourth-order valence-corrected chi connectivity index (χ4v) is 2.38. The number of nitro groups is 1. The number of carbonyl (C=O) groups excluding carboxylic acids is 2. The van der Waals surface area contributed by atoms with Gasteiger partial charge < -0.3 is 4.90 Å².